The van der Waals surface area contributed by atoms with E-state index in [1.807, 2.05) is 0 Å². The maximum absolute atomic E-state index is 12.2. The number of hydrogen-bond donors (Lipinski definition) is 3. The summed E-state index contributed by atoms with van der Waals surface area (Å²) in [6, 6.07) is 0. The van der Waals surface area contributed by atoms with Gasteiger partial charge in [-0.1, -0.05) is 109 Å². The molecule has 11 heteroatoms. The Hall–Kier alpha value is -1.29. The van der Waals surface area contributed by atoms with E-state index < -0.39 is 51.8 Å². The Labute approximate surface area is 260 Å². The summed E-state index contributed by atoms with van der Waals surface area (Å²) < 4.78 is 31.4. The van der Waals surface area contributed by atoms with Crippen LogP contribution in [0.4, 0.5) is 0 Å². The molecule has 0 rings (SSSR count). The number of esters is 2. The van der Waals surface area contributed by atoms with E-state index >= 15 is 0 Å². The van der Waals surface area contributed by atoms with Crippen molar-refractivity contribution in [3.05, 3.63) is 12.2 Å². The first kappa shape index (κ1) is 41.7. The number of aliphatic hydroxyl groups is 2. The lowest BCUT2D eigenvalue weighted by molar-refractivity contribution is -0.160. The van der Waals surface area contributed by atoms with Crippen LogP contribution in [0.2, 0.25) is 0 Å². The highest BCUT2D eigenvalue weighted by molar-refractivity contribution is 7.47. The van der Waals surface area contributed by atoms with Crippen molar-refractivity contribution in [1.29, 1.82) is 0 Å². The van der Waals surface area contributed by atoms with Crippen LogP contribution < -0.4 is 0 Å². The monoisotopic (exact) mass is 636 g/mol. The van der Waals surface area contributed by atoms with Crippen molar-refractivity contribution in [1.82, 2.24) is 0 Å². The number of hydrogen-bond acceptors (Lipinski definition) is 9. The molecule has 43 heavy (non-hydrogen) atoms. The Kier molecular flexibility index (Phi) is 28.5. The van der Waals surface area contributed by atoms with Crippen molar-refractivity contribution >= 4 is 19.8 Å². The summed E-state index contributed by atoms with van der Waals surface area (Å²) in [5.74, 6) is -1.12. The van der Waals surface area contributed by atoms with Crippen LogP contribution in [-0.4, -0.2) is 65.7 Å². The van der Waals surface area contributed by atoms with Crippen LogP contribution in [-0.2, 0) is 32.7 Å². The summed E-state index contributed by atoms with van der Waals surface area (Å²) in [5.41, 5.74) is 0. The van der Waals surface area contributed by atoms with E-state index in [4.69, 9.17) is 19.1 Å². The zero-order chi connectivity index (χ0) is 32.0. The number of aliphatic hydroxyl groups excluding tert-OH is 2. The maximum atomic E-state index is 12.2. The van der Waals surface area contributed by atoms with Crippen molar-refractivity contribution in [2.45, 2.75) is 154 Å². The molecule has 0 radical (unpaired) electrons. The fraction of sp³-hybridized carbons (Fsp3) is 0.875. The molecule has 0 heterocycles. The van der Waals surface area contributed by atoms with Crippen molar-refractivity contribution < 1.29 is 47.8 Å². The van der Waals surface area contributed by atoms with Crippen LogP contribution >= 0.6 is 7.82 Å². The Morgan fingerprint density at radius 1 is 0.721 bits per heavy atom. The molecule has 0 aliphatic heterocycles. The molecule has 0 spiro atoms. The average Bonchev–Trinajstić information content (AvgIpc) is 2.98. The van der Waals surface area contributed by atoms with Gasteiger partial charge >= 0.3 is 19.8 Å². The summed E-state index contributed by atoms with van der Waals surface area (Å²) in [4.78, 5) is 33.0. The van der Waals surface area contributed by atoms with E-state index in [1.165, 1.54) is 103 Å². The van der Waals surface area contributed by atoms with Gasteiger partial charge in [-0.3, -0.25) is 18.6 Å². The minimum atomic E-state index is -4.57. The highest BCUT2D eigenvalue weighted by atomic mass is 31.2. The van der Waals surface area contributed by atoms with Gasteiger partial charge in [-0.2, -0.15) is 0 Å². The molecule has 3 atom stereocenters. The summed E-state index contributed by atoms with van der Waals surface area (Å²) in [7, 11) is -4.57. The lowest BCUT2D eigenvalue weighted by atomic mass is 10.1. The third kappa shape index (κ3) is 30.5. The second kappa shape index (κ2) is 29.4. The van der Waals surface area contributed by atoms with Gasteiger partial charge in [-0.15, -0.1) is 0 Å². The van der Waals surface area contributed by atoms with Gasteiger partial charge in [0.25, 0.3) is 0 Å². The first-order chi connectivity index (χ1) is 20.7. The van der Waals surface area contributed by atoms with Gasteiger partial charge < -0.3 is 24.6 Å². The predicted molar refractivity (Wildman–Crippen MR) is 168 cm³/mol. The van der Waals surface area contributed by atoms with Crippen molar-refractivity contribution in [3.63, 3.8) is 0 Å². The molecule has 3 unspecified atom stereocenters. The third-order valence-electron chi connectivity index (χ3n) is 6.98. The first-order valence-electron chi connectivity index (χ1n) is 16.6. The molecule has 0 fully saturated rings. The lowest BCUT2D eigenvalue weighted by Gasteiger charge is -2.20. The predicted octanol–water partition coefficient (Wildman–Crippen LogP) is 7.33. The second-order valence-corrected chi connectivity index (χ2v) is 12.7. The molecule has 0 saturated carbocycles. The van der Waals surface area contributed by atoms with Crippen LogP contribution in [0, 0.1) is 0 Å². The highest BCUT2D eigenvalue weighted by Crippen LogP contribution is 2.43. The Morgan fingerprint density at radius 3 is 1.67 bits per heavy atom. The minimum absolute atomic E-state index is 0.180. The molecule has 0 aromatic carbocycles. The van der Waals surface area contributed by atoms with E-state index in [0.29, 0.717) is 6.42 Å². The number of unbranched alkanes of at least 4 members (excludes halogenated alkanes) is 17. The van der Waals surface area contributed by atoms with Crippen molar-refractivity contribution in [2.24, 2.45) is 0 Å². The third-order valence-corrected chi connectivity index (χ3v) is 7.93. The van der Waals surface area contributed by atoms with Gasteiger partial charge in [-0.05, 0) is 32.1 Å². The first-order valence-corrected chi connectivity index (χ1v) is 18.1. The SMILES string of the molecule is CCCCCCCCCC/C=C\CCCCCCCCCCCC(=O)OC(COC(C)=O)COP(=O)(O)OCC(O)CO. The molecule has 0 amide bonds. The van der Waals surface area contributed by atoms with Gasteiger partial charge in [-0.25, -0.2) is 4.57 Å². The summed E-state index contributed by atoms with van der Waals surface area (Å²) >= 11 is 0. The summed E-state index contributed by atoms with van der Waals surface area (Å²) in [5, 5.41) is 18.0. The van der Waals surface area contributed by atoms with Crippen molar-refractivity contribution in [3.8, 4) is 0 Å². The molecule has 0 bridgehead atoms. The Morgan fingerprint density at radius 2 is 1.19 bits per heavy atom. The largest absolute Gasteiger partial charge is 0.472 e. The fourth-order valence-corrected chi connectivity index (χ4v) is 5.21. The number of allylic oxidation sites excluding steroid dienone is 2. The summed E-state index contributed by atoms with van der Waals surface area (Å²) in [6.45, 7) is 1.30. The molecule has 0 aliphatic carbocycles. The van der Waals surface area contributed by atoms with Gasteiger partial charge in [0.15, 0.2) is 6.10 Å². The van der Waals surface area contributed by atoms with Crippen LogP contribution in [0.5, 0.6) is 0 Å². The molecular weight excluding hydrogens is 575 g/mol. The molecular formula is C32H61O10P. The molecule has 0 aromatic rings. The van der Waals surface area contributed by atoms with Gasteiger partial charge in [0, 0.05) is 13.3 Å². The number of carbonyl (C=O) groups is 2. The fourth-order valence-electron chi connectivity index (χ4n) is 4.42. The van der Waals surface area contributed by atoms with Crippen LogP contribution in [0.15, 0.2) is 12.2 Å². The van der Waals surface area contributed by atoms with Gasteiger partial charge in [0.05, 0.1) is 19.8 Å². The standard InChI is InChI=1S/C32H61O10P/c1-3-4-5-6-7-8-9-10-11-12-13-14-15-16-17-18-19-20-21-22-23-24-32(36)42-31(27-39-29(2)34)28-41-43(37,38)40-26-30(35)25-33/h12-13,30-31,33,35H,3-11,14-28H2,1-2H3,(H,37,38)/b13-12-. The molecule has 0 aromatic heterocycles. The normalized spacial score (nSPS) is 14.4. The Bertz CT molecular complexity index is 746. The highest BCUT2D eigenvalue weighted by Gasteiger charge is 2.26. The summed E-state index contributed by atoms with van der Waals surface area (Å²) in [6.07, 6.45) is 25.8. The van der Waals surface area contributed by atoms with E-state index in [2.05, 4.69) is 23.6 Å². The van der Waals surface area contributed by atoms with Crippen LogP contribution in [0.1, 0.15) is 142 Å². The minimum Gasteiger partial charge on any atom is -0.462 e. The smallest absolute Gasteiger partial charge is 0.462 e. The van der Waals surface area contributed by atoms with Crippen LogP contribution in [0.3, 0.4) is 0 Å². The van der Waals surface area contributed by atoms with Gasteiger partial charge in [0.1, 0.15) is 12.7 Å². The molecule has 3 N–H and O–H groups in total. The lowest BCUT2D eigenvalue weighted by Crippen LogP contribution is -2.29. The zero-order valence-electron chi connectivity index (χ0n) is 26.9. The van der Waals surface area contributed by atoms with E-state index in [-0.39, 0.29) is 13.0 Å². The topological polar surface area (TPSA) is 149 Å². The molecule has 0 aliphatic rings. The van der Waals surface area contributed by atoms with E-state index in [1.54, 1.807) is 0 Å². The van der Waals surface area contributed by atoms with Gasteiger partial charge in [0.2, 0.25) is 0 Å². The number of phosphoric acid groups is 1. The van der Waals surface area contributed by atoms with E-state index in [0.717, 1.165) is 19.3 Å². The second-order valence-electron chi connectivity index (χ2n) is 11.3. The Balaban J connectivity index is 3.80. The molecule has 254 valence electrons. The molecule has 0 saturated heterocycles. The zero-order valence-corrected chi connectivity index (χ0v) is 27.8. The van der Waals surface area contributed by atoms with Crippen molar-refractivity contribution in [2.75, 3.05) is 26.4 Å². The molecule has 10 nitrogen and oxygen atoms in total. The van der Waals surface area contributed by atoms with E-state index in [9.17, 15) is 24.2 Å². The maximum Gasteiger partial charge on any atom is 0.472 e. The van der Waals surface area contributed by atoms with Crippen LogP contribution in [0.25, 0.3) is 0 Å². The quantitative estimate of drug-likeness (QED) is 0.0306. The average molecular weight is 637 g/mol. The number of phosphoric ester groups is 1. The number of carbonyl (C=O) groups excluding carboxylic acids is 2. The number of ether oxygens (including phenoxy) is 2. The number of rotatable bonds is 31.